The molecule has 0 heterocycles. The highest BCUT2D eigenvalue weighted by Gasteiger charge is 2.40. The van der Waals surface area contributed by atoms with Crippen molar-refractivity contribution in [2.45, 2.75) is 130 Å². The maximum absolute atomic E-state index is 12.4. The van der Waals surface area contributed by atoms with Crippen molar-refractivity contribution in [2.75, 3.05) is 51.9 Å². The Labute approximate surface area is 258 Å². The highest BCUT2D eigenvalue weighted by atomic mass is 32.2. The molecule has 0 aliphatic carbocycles. The van der Waals surface area contributed by atoms with Crippen LogP contribution in [0.4, 0.5) is 0 Å². The number of carbonyl (C=O) groups is 1. The van der Waals surface area contributed by atoms with Crippen LogP contribution in [0.1, 0.15) is 82.6 Å². The summed E-state index contributed by atoms with van der Waals surface area (Å²) in [5.41, 5.74) is -0.968. The standard InChI is InChI=1S/C29H64N3O6PSSi/c1-23(2)31(24(3)4)39(32(25(5)6)26(7)8)37-17-16-36-18-19-40-27(35)14-15-30-29(20-33,21-34)22-38-41(12,13)28(9,10)11/h23-26,30,33-34H,14-22H2,1-13H3. The van der Waals surface area contributed by atoms with Gasteiger partial charge in [-0.1, -0.05) is 32.5 Å². The fraction of sp³-hybridized carbons (Fsp3) is 0.966. The van der Waals surface area contributed by atoms with Gasteiger partial charge in [0, 0.05) is 42.9 Å². The third-order valence-electron chi connectivity index (χ3n) is 7.39. The third kappa shape index (κ3) is 14.8. The molecular weight excluding hydrogens is 577 g/mol. The van der Waals surface area contributed by atoms with Gasteiger partial charge in [0.2, 0.25) is 0 Å². The highest BCUT2D eigenvalue weighted by molar-refractivity contribution is 8.13. The summed E-state index contributed by atoms with van der Waals surface area (Å²) < 4.78 is 23.4. The topological polar surface area (TPSA) is 104 Å². The summed E-state index contributed by atoms with van der Waals surface area (Å²) in [5, 5.41) is 23.2. The van der Waals surface area contributed by atoms with E-state index < -0.39 is 22.3 Å². The largest absolute Gasteiger partial charge is 0.415 e. The van der Waals surface area contributed by atoms with Crippen molar-refractivity contribution in [3.05, 3.63) is 0 Å². The van der Waals surface area contributed by atoms with Crippen molar-refractivity contribution in [1.82, 2.24) is 14.7 Å². The van der Waals surface area contributed by atoms with Crippen LogP contribution < -0.4 is 5.32 Å². The molecular formula is C29H64N3O6PSSi. The lowest BCUT2D eigenvalue weighted by atomic mass is 10.0. The predicted molar refractivity (Wildman–Crippen MR) is 178 cm³/mol. The number of nitrogens with zero attached hydrogens (tertiary/aromatic N) is 2. The SMILES string of the molecule is CC(C)N(C(C)C)P(OCCOCCSC(=O)CCNC(CO)(CO)CO[Si](C)(C)C(C)(C)C)N(C(C)C)C(C)C. The van der Waals surface area contributed by atoms with Crippen LogP contribution in [0.15, 0.2) is 0 Å². The van der Waals surface area contributed by atoms with E-state index in [-0.39, 0.29) is 30.0 Å². The molecule has 0 bridgehead atoms. The molecule has 0 aromatic carbocycles. The van der Waals surface area contributed by atoms with E-state index in [1.165, 1.54) is 11.8 Å². The molecule has 9 nitrogen and oxygen atoms in total. The van der Waals surface area contributed by atoms with Crippen LogP contribution in [0, 0.1) is 0 Å². The number of thioether (sulfide) groups is 1. The molecule has 0 rings (SSSR count). The molecule has 0 unspecified atom stereocenters. The van der Waals surface area contributed by atoms with E-state index in [0.29, 0.717) is 62.7 Å². The normalized spacial score (nSPS) is 13.8. The number of aliphatic hydroxyl groups is 2. The Morgan fingerprint density at radius 2 is 1.37 bits per heavy atom. The smallest absolute Gasteiger partial charge is 0.192 e. The van der Waals surface area contributed by atoms with Crippen molar-refractivity contribution in [3.8, 4) is 0 Å². The van der Waals surface area contributed by atoms with Crippen LogP contribution in [-0.4, -0.2) is 115 Å². The van der Waals surface area contributed by atoms with Crippen LogP contribution in [0.25, 0.3) is 0 Å². The van der Waals surface area contributed by atoms with Crippen molar-refractivity contribution >= 4 is 33.6 Å². The van der Waals surface area contributed by atoms with Crippen molar-refractivity contribution < 1.29 is 28.7 Å². The average molecular weight is 642 g/mol. The summed E-state index contributed by atoms with van der Waals surface area (Å²) in [7, 11) is -2.98. The molecule has 0 radical (unpaired) electrons. The molecule has 3 N–H and O–H groups in total. The van der Waals surface area contributed by atoms with Crippen LogP contribution in [0.5, 0.6) is 0 Å². The minimum absolute atomic E-state index is 0.0259. The molecule has 246 valence electrons. The van der Waals surface area contributed by atoms with E-state index in [1.807, 2.05) is 0 Å². The molecule has 12 heteroatoms. The molecule has 0 atom stereocenters. The number of rotatable bonds is 22. The van der Waals surface area contributed by atoms with Gasteiger partial charge in [0.1, 0.15) is 0 Å². The first-order chi connectivity index (χ1) is 18.9. The lowest BCUT2D eigenvalue weighted by Crippen LogP contribution is -2.58. The zero-order valence-corrected chi connectivity index (χ0v) is 31.2. The van der Waals surface area contributed by atoms with E-state index in [0.717, 1.165) is 0 Å². The van der Waals surface area contributed by atoms with Gasteiger partial charge in [-0.3, -0.25) is 4.79 Å². The number of aliphatic hydroxyl groups excluding tert-OH is 2. The Kier molecular flexibility index (Phi) is 19.8. The first kappa shape index (κ1) is 41.3. The van der Waals surface area contributed by atoms with Crippen molar-refractivity contribution in [1.29, 1.82) is 0 Å². The van der Waals surface area contributed by atoms with E-state index in [2.05, 4.69) is 104 Å². The number of carbonyl (C=O) groups excluding carboxylic acids is 1. The maximum Gasteiger partial charge on any atom is 0.192 e. The van der Waals surface area contributed by atoms with Crippen LogP contribution in [0.3, 0.4) is 0 Å². The second-order valence-electron chi connectivity index (χ2n) is 13.4. The fourth-order valence-corrected chi connectivity index (χ4v) is 8.14. The Balaban J connectivity index is 4.61. The minimum Gasteiger partial charge on any atom is -0.415 e. The summed E-state index contributed by atoms with van der Waals surface area (Å²) in [6.07, 6.45) is 0.292. The predicted octanol–water partition coefficient (Wildman–Crippen LogP) is 5.47. The molecule has 0 spiro atoms. The van der Waals surface area contributed by atoms with Gasteiger partial charge in [0.15, 0.2) is 21.9 Å². The lowest BCUT2D eigenvalue weighted by Gasteiger charge is -2.45. The Morgan fingerprint density at radius 1 is 0.878 bits per heavy atom. The van der Waals surface area contributed by atoms with Gasteiger partial charge in [-0.05, 0) is 73.5 Å². The molecule has 0 amide bonds. The van der Waals surface area contributed by atoms with Gasteiger partial charge < -0.3 is 29.2 Å². The van der Waals surface area contributed by atoms with E-state index in [4.69, 9.17) is 13.7 Å². The minimum atomic E-state index is -2.04. The van der Waals surface area contributed by atoms with Crippen LogP contribution in [-0.2, 0) is 18.5 Å². The van der Waals surface area contributed by atoms with E-state index in [9.17, 15) is 15.0 Å². The van der Waals surface area contributed by atoms with Crippen molar-refractivity contribution in [2.24, 2.45) is 0 Å². The number of nitrogens with one attached hydrogen (secondary N) is 1. The monoisotopic (exact) mass is 641 g/mol. The van der Waals surface area contributed by atoms with Crippen molar-refractivity contribution in [3.63, 3.8) is 0 Å². The quantitative estimate of drug-likeness (QED) is 0.0801. The highest BCUT2D eigenvalue weighted by Crippen LogP contribution is 2.50. The molecule has 0 fully saturated rings. The molecule has 0 saturated heterocycles. The lowest BCUT2D eigenvalue weighted by molar-refractivity contribution is -0.111. The molecule has 41 heavy (non-hydrogen) atoms. The van der Waals surface area contributed by atoms with E-state index >= 15 is 0 Å². The molecule has 0 aliphatic rings. The number of ether oxygens (including phenoxy) is 1. The second kappa shape index (κ2) is 19.7. The fourth-order valence-electron chi connectivity index (χ4n) is 4.07. The van der Waals surface area contributed by atoms with Gasteiger partial charge >= 0.3 is 0 Å². The Bertz CT molecular complexity index is 685. The summed E-state index contributed by atoms with van der Waals surface area (Å²) in [6, 6.07) is 1.46. The van der Waals surface area contributed by atoms with Crippen LogP contribution >= 0.6 is 20.2 Å². The van der Waals surface area contributed by atoms with Gasteiger partial charge in [-0.15, -0.1) is 0 Å². The second-order valence-corrected chi connectivity index (χ2v) is 21.0. The van der Waals surface area contributed by atoms with Crippen LogP contribution in [0.2, 0.25) is 18.1 Å². The first-order valence-corrected chi connectivity index (χ1v) is 20.2. The number of hydrogen-bond acceptors (Lipinski definition) is 10. The Hall–Kier alpha value is 0.347. The average Bonchev–Trinajstić information content (AvgIpc) is 2.84. The Morgan fingerprint density at radius 3 is 1.78 bits per heavy atom. The van der Waals surface area contributed by atoms with Gasteiger partial charge in [0.05, 0.1) is 45.2 Å². The molecule has 0 aromatic heterocycles. The summed E-state index contributed by atoms with van der Waals surface area (Å²) >= 11 is 1.25. The van der Waals surface area contributed by atoms with Gasteiger partial charge in [-0.2, -0.15) is 0 Å². The summed E-state index contributed by atoms with van der Waals surface area (Å²) in [5.74, 6) is 0.571. The third-order valence-corrected chi connectivity index (χ3v) is 15.8. The van der Waals surface area contributed by atoms with Gasteiger partial charge in [0.25, 0.3) is 0 Å². The zero-order valence-electron chi connectivity index (χ0n) is 28.5. The molecule has 0 saturated carbocycles. The maximum atomic E-state index is 12.4. The number of hydrogen-bond donors (Lipinski definition) is 3. The summed E-state index contributed by atoms with van der Waals surface area (Å²) in [4.78, 5) is 12.4. The molecule has 0 aliphatic heterocycles. The summed E-state index contributed by atoms with van der Waals surface area (Å²) in [6.45, 7) is 29.9. The van der Waals surface area contributed by atoms with E-state index in [1.54, 1.807) is 0 Å². The molecule has 0 aromatic rings. The zero-order chi connectivity index (χ0) is 32.0. The first-order valence-electron chi connectivity index (χ1n) is 15.2. The van der Waals surface area contributed by atoms with Gasteiger partial charge in [-0.25, -0.2) is 9.34 Å².